The molecule has 11 nitrogen and oxygen atoms in total. The fourth-order valence-corrected chi connectivity index (χ4v) is 5.36. The summed E-state index contributed by atoms with van der Waals surface area (Å²) in [6, 6.07) is 4.81. The summed E-state index contributed by atoms with van der Waals surface area (Å²) in [5, 5.41) is 29.8. The predicted octanol–water partition coefficient (Wildman–Crippen LogP) is 4.11. The van der Waals surface area contributed by atoms with Crippen LogP contribution in [-0.4, -0.2) is 86.6 Å². The molecule has 3 N–H and O–H groups in total. The summed E-state index contributed by atoms with van der Waals surface area (Å²) in [7, 11) is 0. The second-order valence-corrected chi connectivity index (χ2v) is 9.40. The maximum atomic E-state index is 12.2. The van der Waals surface area contributed by atoms with E-state index < -0.39 is 30.2 Å². The van der Waals surface area contributed by atoms with E-state index in [1.54, 1.807) is 24.3 Å². The first-order chi connectivity index (χ1) is 17.6. The summed E-state index contributed by atoms with van der Waals surface area (Å²) < 4.78 is 11.2. The standard InChI is InChI=1S/C24H23Cl2N3O8/c1-12-6-16(25)21(17(26)7-12)37-5-4-36-19-3-2-13(9-27-19)15-8-14-10-28(23(32)33)11-18(20(15)22(30)31)29(14)24(34)35/h2-3,6-7,9,14,18H,4-5,8,10-11H2,1H3,(H,30,31)(H,32,33)(H,34,35)/t14-,18-/m1/s1. The van der Waals surface area contributed by atoms with E-state index in [1.807, 2.05) is 6.92 Å². The van der Waals surface area contributed by atoms with Crippen LogP contribution in [-0.2, 0) is 4.79 Å². The highest BCUT2D eigenvalue weighted by Gasteiger charge is 2.47. The van der Waals surface area contributed by atoms with Crippen LogP contribution in [0.25, 0.3) is 5.57 Å². The molecule has 1 saturated heterocycles. The number of carboxylic acid groups (broad SMARTS) is 3. The molecular formula is C24H23Cl2N3O8. The van der Waals surface area contributed by atoms with Gasteiger partial charge in [0.2, 0.25) is 5.88 Å². The number of pyridine rings is 1. The van der Waals surface area contributed by atoms with E-state index in [4.69, 9.17) is 32.7 Å². The minimum absolute atomic E-state index is 0.0298. The Morgan fingerprint density at radius 2 is 1.70 bits per heavy atom. The number of aryl methyl sites for hydroxylation is 1. The normalized spacial score (nSPS) is 19.0. The Kier molecular flexibility index (Phi) is 7.65. The second-order valence-electron chi connectivity index (χ2n) is 8.59. The summed E-state index contributed by atoms with van der Waals surface area (Å²) in [6.07, 6.45) is -1.05. The van der Waals surface area contributed by atoms with Crippen LogP contribution in [0.3, 0.4) is 0 Å². The molecule has 13 heteroatoms. The lowest BCUT2D eigenvalue weighted by molar-refractivity contribution is -0.133. The fourth-order valence-electron chi connectivity index (χ4n) is 4.66. The summed E-state index contributed by atoms with van der Waals surface area (Å²) in [4.78, 5) is 41.9. The van der Waals surface area contributed by atoms with E-state index >= 15 is 0 Å². The molecule has 2 atom stereocenters. The van der Waals surface area contributed by atoms with Crippen LogP contribution in [0.5, 0.6) is 11.6 Å². The molecule has 1 aromatic carbocycles. The molecule has 37 heavy (non-hydrogen) atoms. The van der Waals surface area contributed by atoms with E-state index in [2.05, 4.69) is 4.98 Å². The summed E-state index contributed by atoms with van der Waals surface area (Å²) >= 11 is 12.3. The Labute approximate surface area is 221 Å². The van der Waals surface area contributed by atoms with Crippen molar-refractivity contribution in [3.05, 3.63) is 57.2 Å². The zero-order chi connectivity index (χ0) is 26.9. The molecule has 2 aliphatic rings. The van der Waals surface area contributed by atoms with Gasteiger partial charge in [-0.2, -0.15) is 0 Å². The number of aliphatic carboxylic acids is 1. The number of piperazine rings is 1. The van der Waals surface area contributed by atoms with E-state index in [0.717, 1.165) is 15.4 Å². The van der Waals surface area contributed by atoms with Gasteiger partial charge in [0, 0.05) is 25.4 Å². The van der Waals surface area contributed by atoms with Gasteiger partial charge in [-0.3, -0.25) is 4.90 Å². The zero-order valence-electron chi connectivity index (χ0n) is 19.6. The molecule has 3 heterocycles. The molecule has 1 fully saturated rings. The summed E-state index contributed by atoms with van der Waals surface area (Å²) in [6.45, 7) is 1.82. The van der Waals surface area contributed by atoms with E-state index in [9.17, 15) is 29.7 Å². The first-order valence-corrected chi connectivity index (χ1v) is 12.0. The van der Waals surface area contributed by atoms with Crippen molar-refractivity contribution in [3.8, 4) is 11.6 Å². The molecule has 0 spiro atoms. The van der Waals surface area contributed by atoms with Gasteiger partial charge in [-0.1, -0.05) is 23.2 Å². The molecule has 0 radical (unpaired) electrons. The zero-order valence-corrected chi connectivity index (χ0v) is 21.1. The van der Waals surface area contributed by atoms with Crippen LogP contribution in [0, 0.1) is 6.92 Å². The first kappa shape index (κ1) is 26.4. The number of benzene rings is 1. The number of carboxylic acids is 1. The van der Waals surface area contributed by atoms with Gasteiger partial charge in [-0.15, -0.1) is 0 Å². The van der Waals surface area contributed by atoms with E-state index in [1.165, 1.54) is 6.20 Å². The molecule has 4 rings (SSSR count). The summed E-state index contributed by atoms with van der Waals surface area (Å²) in [5.41, 5.74) is 1.64. The van der Waals surface area contributed by atoms with Crippen LogP contribution < -0.4 is 9.47 Å². The number of aromatic nitrogens is 1. The second kappa shape index (κ2) is 10.7. The molecule has 2 aliphatic heterocycles. The number of hydrogen-bond donors (Lipinski definition) is 3. The van der Waals surface area contributed by atoms with Gasteiger partial charge in [0.05, 0.1) is 27.7 Å². The number of hydrogen-bond acceptors (Lipinski definition) is 6. The topological polar surface area (TPSA) is 150 Å². The highest BCUT2D eigenvalue weighted by molar-refractivity contribution is 6.37. The lowest BCUT2D eigenvalue weighted by atomic mass is 9.82. The highest BCUT2D eigenvalue weighted by Crippen LogP contribution is 2.38. The fraction of sp³-hybridized carbons (Fsp3) is 0.333. The van der Waals surface area contributed by atoms with Crippen LogP contribution >= 0.6 is 23.2 Å². The van der Waals surface area contributed by atoms with Crippen LogP contribution in [0.15, 0.2) is 36.0 Å². The highest BCUT2D eigenvalue weighted by atomic mass is 35.5. The minimum atomic E-state index is -1.32. The Morgan fingerprint density at radius 3 is 2.27 bits per heavy atom. The van der Waals surface area contributed by atoms with Crippen molar-refractivity contribution in [2.75, 3.05) is 26.3 Å². The Balaban J connectivity index is 1.48. The number of halogens is 2. The van der Waals surface area contributed by atoms with Gasteiger partial charge < -0.3 is 29.7 Å². The minimum Gasteiger partial charge on any atom is -0.487 e. The third-order valence-corrected chi connectivity index (χ3v) is 6.74. The molecule has 2 bridgehead atoms. The smallest absolute Gasteiger partial charge is 0.408 e. The predicted molar refractivity (Wildman–Crippen MR) is 133 cm³/mol. The van der Waals surface area contributed by atoms with E-state index in [0.29, 0.717) is 26.9 Å². The Bertz CT molecular complexity index is 1240. The van der Waals surface area contributed by atoms with Gasteiger partial charge in [0.25, 0.3) is 0 Å². The maximum absolute atomic E-state index is 12.2. The van der Waals surface area contributed by atoms with Crippen LogP contribution in [0.1, 0.15) is 17.5 Å². The molecule has 0 saturated carbocycles. The number of ether oxygens (including phenoxy) is 2. The summed E-state index contributed by atoms with van der Waals surface area (Å²) in [5.74, 6) is -0.692. The van der Waals surface area contributed by atoms with Crippen LogP contribution in [0.4, 0.5) is 9.59 Å². The third kappa shape index (κ3) is 5.52. The van der Waals surface area contributed by atoms with Crippen molar-refractivity contribution in [2.45, 2.75) is 25.4 Å². The average molecular weight is 552 g/mol. The van der Waals surface area contributed by atoms with Crippen molar-refractivity contribution in [2.24, 2.45) is 0 Å². The number of carbonyl (C=O) groups is 3. The number of fused-ring (bicyclic) bond motifs is 2. The van der Waals surface area contributed by atoms with Crippen molar-refractivity contribution in [3.63, 3.8) is 0 Å². The molecule has 1 aromatic heterocycles. The molecular weight excluding hydrogens is 529 g/mol. The molecule has 0 aliphatic carbocycles. The lowest BCUT2D eigenvalue weighted by Crippen LogP contribution is -2.64. The molecule has 0 unspecified atom stereocenters. The molecule has 196 valence electrons. The van der Waals surface area contributed by atoms with Gasteiger partial charge in [0.1, 0.15) is 13.2 Å². The van der Waals surface area contributed by atoms with Crippen molar-refractivity contribution >= 4 is 46.9 Å². The van der Waals surface area contributed by atoms with Gasteiger partial charge in [-0.25, -0.2) is 19.4 Å². The molecule has 2 amide bonds. The first-order valence-electron chi connectivity index (χ1n) is 11.2. The Hall–Kier alpha value is -3.70. The maximum Gasteiger partial charge on any atom is 0.408 e. The van der Waals surface area contributed by atoms with Crippen molar-refractivity contribution < 1.29 is 39.2 Å². The SMILES string of the molecule is Cc1cc(Cl)c(OCCOc2ccc(C3=C(C(=O)O)[C@H]4CN(C(=O)O)C[C@@H](C3)N4C(=O)O)cn2)c(Cl)c1. The average Bonchev–Trinajstić information content (AvgIpc) is 2.81. The van der Waals surface area contributed by atoms with Gasteiger partial charge in [-0.05, 0) is 48.2 Å². The third-order valence-electron chi connectivity index (χ3n) is 6.18. The van der Waals surface area contributed by atoms with Gasteiger partial charge >= 0.3 is 18.2 Å². The number of amides is 2. The quantitative estimate of drug-likeness (QED) is 0.432. The molecule has 2 aromatic rings. The van der Waals surface area contributed by atoms with Gasteiger partial charge in [0.15, 0.2) is 5.75 Å². The van der Waals surface area contributed by atoms with Crippen molar-refractivity contribution in [1.82, 2.24) is 14.8 Å². The van der Waals surface area contributed by atoms with Crippen LogP contribution in [0.2, 0.25) is 10.0 Å². The largest absolute Gasteiger partial charge is 0.487 e. The Morgan fingerprint density at radius 1 is 1.03 bits per heavy atom. The monoisotopic (exact) mass is 551 g/mol. The van der Waals surface area contributed by atoms with Crippen molar-refractivity contribution in [1.29, 1.82) is 0 Å². The number of rotatable bonds is 7. The number of nitrogens with zero attached hydrogens (tertiary/aromatic N) is 3. The van der Waals surface area contributed by atoms with E-state index in [-0.39, 0.29) is 44.2 Å². The lowest BCUT2D eigenvalue weighted by Gasteiger charge is -2.48.